The highest BCUT2D eigenvalue weighted by Crippen LogP contribution is 2.40. The van der Waals surface area contributed by atoms with Crippen LogP contribution >= 0.6 is 0 Å². The molecule has 1 N–H and O–H groups in total. The number of carbonyl (C=O) groups excluding carboxylic acids is 1. The SMILES string of the molecule is COc1cc(NC(=O)c2cc(OCc3ccccc3)ncn2)cc(OC)c1OC. The van der Waals surface area contributed by atoms with Gasteiger partial charge in [-0.25, -0.2) is 9.97 Å². The molecule has 0 aliphatic carbocycles. The van der Waals surface area contributed by atoms with Crippen molar-refractivity contribution in [1.29, 1.82) is 0 Å². The molecule has 0 aliphatic heterocycles. The predicted octanol–water partition coefficient (Wildman–Crippen LogP) is 3.33. The number of amides is 1. The van der Waals surface area contributed by atoms with Crippen LogP contribution in [0.25, 0.3) is 0 Å². The van der Waals surface area contributed by atoms with E-state index in [0.29, 0.717) is 35.4 Å². The molecule has 0 unspecified atom stereocenters. The van der Waals surface area contributed by atoms with Crippen LogP contribution in [0.3, 0.4) is 0 Å². The number of ether oxygens (including phenoxy) is 4. The van der Waals surface area contributed by atoms with Crippen molar-refractivity contribution in [3.63, 3.8) is 0 Å². The maximum Gasteiger partial charge on any atom is 0.274 e. The Hall–Kier alpha value is -3.81. The molecule has 1 amide bonds. The summed E-state index contributed by atoms with van der Waals surface area (Å²) in [5.74, 6) is 1.17. The third-order valence-corrected chi connectivity index (χ3v) is 4.03. The Morgan fingerprint density at radius 2 is 1.62 bits per heavy atom. The molecule has 1 aromatic heterocycles. The molecular formula is C21H21N3O5. The zero-order valence-corrected chi connectivity index (χ0v) is 16.3. The summed E-state index contributed by atoms with van der Waals surface area (Å²) in [6.45, 7) is 0.339. The van der Waals surface area contributed by atoms with Gasteiger partial charge >= 0.3 is 0 Å². The van der Waals surface area contributed by atoms with E-state index < -0.39 is 5.91 Å². The molecule has 0 aliphatic rings. The first-order chi connectivity index (χ1) is 14.1. The summed E-state index contributed by atoms with van der Waals surface area (Å²) in [5.41, 5.74) is 1.63. The van der Waals surface area contributed by atoms with Crippen molar-refractivity contribution in [2.24, 2.45) is 0 Å². The van der Waals surface area contributed by atoms with Gasteiger partial charge in [0.25, 0.3) is 5.91 Å². The lowest BCUT2D eigenvalue weighted by atomic mass is 10.2. The maximum absolute atomic E-state index is 12.6. The van der Waals surface area contributed by atoms with Gasteiger partial charge in [0.2, 0.25) is 11.6 Å². The average molecular weight is 395 g/mol. The molecule has 29 heavy (non-hydrogen) atoms. The Labute approximate surface area is 168 Å². The number of carbonyl (C=O) groups is 1. The zero-order chi connectivity index (χ0) is 20.6. The number of benzene rings is 2. The molecule has 3 aromatic rings. The second-order valence-corrected chi connectivity index (χ2v) is 5.88. The molecule has 8 heteroatoms. The van der Waals surface area contributed by atoms with Crippen LogP contribution < -0.4 is 24.3 Å². The summed E-state index contributed by atoms with van der Waals surface area (Å²) in [6, 6.07) is 14.4. The monoisotopic (exact) mass is 395 g/mol. The van der Waals surface area contributed by atoms with Gasteiger partial charge in [0, 0.05) is 23.9 Å². The molecule has 0 fully saturated rings. The smallest absolute Gasteiger partial charge is 0.274 e. The van der Waals surface area contributed by atoms with Crippen molar-refractivity contribution in [2.45, 2.75) is 6.61 Å². The van der Waals surface area contributed by atoms with Gasteiger partial charge < -0.3 is 24.3 Å². The van der Waals surface area contributed by atoms with Crippen LogP contribution in [0.1, 0.15) is 16.1 Å². The lowest BCUT2D eigenvalue weighted by Gasteiger charge is -2.14. The maximum atomic E-state index is 12.6. The van der Waals surface area contributed by atoms with E-state index in [0.717, 1.165) is 5.56 Å². The van der Waals surface area contributed by atoms with E-state index in [4.69, 9.17) is 18.9 Å². The summed E-state index contributed by atoms with van der Waals surface area (Å²) < 4.78 is 21.5. The predicted molar refractivity (Wildman–Crippen MR) is 107 cm³/mol. The second-order valence-electron chi connectivity index (χ2n) is 5.88. The summed E-state index contributed by atoms with van der Waals surface area (Å²) in [7, 11) is 4.52. The fraction of sp³-hybridized carbons (Fsp3) is 0.190. The van der Waals surface area contributed by atoms with Crippen LogP contribution in [0, 0.1) is 0 Å². The van der Waals surface area contributed by atoms with Crippen LogP contribution in [0.4, 0.5) is 5.69 Å². The summed E-state index contributed by atoms with van der Waals surface area (Å²) in [4.78, 5) is 20.7. The second kappa shape index (κ2) is 9.41. The Balaban J connectivity index is 1.74. The third-order valence-electron chi connectivity index (χ3n) is 4.03. The molecule has 8 nitrogen and oxygen atoms in total. The van der Waals surface area contributed by atoms with Gasteiger partial charge in [-0.2, -0.15) is 0 Å². The molecule has 0 atom stereocenters. The number of hydrogen-bond donors (Lipinski definition) is 1. The Bertz CT molecular complexity index is 954. The lowest BCUT2D eigenvalue weighted by Crippen LogP contribution is -2.14. The number of nitrogens with zero attached hydrogens (tertiary/aromatic N) is 2. The van der Waals surface area contributed by atoms with E-state index in [-0.39, 0.29) is 5.69 Å². The first-order valence-electron chi connectivity index (χ1n) is 8.74. The van der Waals surface area contributed by atoms with E-state index in [1.165, 1.54) is 33.7 Å². The number of nitrogens with one attached hydrogen (secondary N) is 1. The summed E-state index contributed by atoms with van der Waals surface area (Å²) in [6.07, 6.45) is 1.28. The van der Waals surface area contributed by atoms with Crippen LogP contribution in [0.2, 0.25) is 0 Å². The van der Waals surface area contributed by atoms with E-state index in [2.05, 4.69) is 15.3 Å². The largest absolute Gasteiger partial charge is 0.493 e. The van der Waals surface area contributed by atoms with E-state index in [1.54, 1.807) is 12.1 Å². The third kappa shape index (κ3) is 4.92. The number of aromatic nitrogens is 2. The highest BCUT2D eigenvalue weighted by molar-refractivity contribution is 6.03. The van der Waals surface area contributed by atoms with Gasteiger partial charge in [0.05, 0.1) is 21.3 Å². The number of hydrogen-bond acceptors (Lipinski definition) is 7. The molecule has 0 saturated heterocycles. The van der Waals surface area contributed by atoms with Crippen LogP contribution in [0.15, 0.2) is 54.9 Å². The van der Waals surface area contributed by atoms with Gasteiger partial charge in [-0.05, 0) is 5.56 Å². The Morgan fingerprint density at radius 1 is 0.931 bits per heavy atom. The molecule has 0 saturated carbocycles. The quantitative estimate of drug-likeness (QED) is 0.625. The first kappa shape index (κ1) is 19.9. The van der Waals surface area contributed by atoms with Gasteiger partial charge in [0.15, 0.2) is 11.5 Å². The summed E-state index contributed by atoms with van der Waals surface area (Å²) in [5, 5.41) is 2.76. The first-order valence-corrected chi connectivity index (χ1v) is 8.74. The minimum Gasteiger partial charge on any atom is -0.493 e. The standard InChI is InChI=1S/C21H21N3O5/c1-26-17-9-15(10-18(27-2)20(17)28-3)24-21(25)16-11-19(23-13-22-16)29-12-14-7-5-4-6-8-14/h4-11,13H,12H2,1-3H3,(H,24,25). The van der Waals surface area contributed by atoms with Crippen molar-refractivity contribution in [3.05, 3.63) is 66.1 Å². The van der Waals surface area contributed by atoms with Crippen LogP contribution in [-0.4, -0.2) is 37.2 Å². The summed E-state index contributed by atoms with van der Waals surface area (Å²) >= 11 is 0. The van der Waals surface area contributed by atoms with Crippen molar-refractivity contribution in [1.82, 2.24) is 9.97 Å². The number of anilines is 1. The fourth-order valence-corrected chi connectivity index (χ4v) is 2.62. The minimum absolute atomic E-state index is 0.164. The minimum atomic E-state index is -0.425. The molecule has 3 rings (SSSR count). The van der Waals surface area contributed by atoms with Crippen molar-refractivity contribution in [2.75, 3.05) is 26.6 Å². The number of methoxy groups -OCH3 is 3. The topological polar surface area (TPSA) is 91.8 Å². The van der Waals surface area contributed by atoms with Gasteiger partial charge in [-0.3, -0.25) is 4.79 Å². The molecule has 0 radical (unpaired) electrons. The van der Waals surface area contributed by atoms with Crippen molar-refractivity contribution >= 4 is 11.6 Å². The van der Waals surface area contributed by atoms with Gasteiger partial charge in [-0.1, -0.05) is 30.3 Å². The van der Waals surface area contributed by atoms with Crippen molar-refractivity contribution < 1.29 is 23.7 Å². The molecule has 1 heterocycles. The molecule has 2 aromatic carbocycles. The average Bonchev–Trinajstić information content (AvgIpc) is 2.77. The van der Waals surface area contributed by atoms with Crippen LogP contribution in [-0.2, 0) is 6.61 Å². The Morgan fingerprint density at radius 3 is 2.24 bits per heavy atom. The fourth-order valence-electron chi connectivity index (χ4n) is 2.62. The van der Waals surface area contributed by atoms with E-state index in [9.17, 15) is 4.79 Å². The highest BCUT2D eigenvalue weighted by Gasteiger charge is 2.16. The van der Waals surface area contributed by atoms with Gasteiger partial charge in [-0.15, -0.1) is 0 Å². The lowest BCUT2D eigenvalue weighted by molar-refractivity contribution is 0.102. The van der Waals surface area contributed by atoms with E-state index in [1.807, 2.05) is 30.3 Å². The zero-order valence-electron chi connectivity index (χ0n) is 16.3. The molecular weight excluding hydrogens is 374 g/mol. The van der Waals surface area contributed by atoms with E-state index >= 15 is 0 Å². The normalized spacial score (nSPS) is 10.2. The van der Waals surface area contributed by atoms with Gasteiger partial charge in [0.1, 0.15) is 18.6 Å². The Kier molecular flexibility index (Phi) is 6.47. The number of rotatable bonds is 8. The van der Waals surface area contributed by atoms with Crippen molar-refractivity contribution in [3.8, 4) is 23.1 Å². The molecule has 0 spiro atoms. The molecule has 0 bridgehead atoms. The molecule has 150 valence electrons. The highest BCUT2D eigenvalue weighted by atomic mass is 16.5. The van der Waals surface area contributed by atoms with Crippen LogP contribution in [0.5, 0.6) is 23.1 Å².